The van der Waals surface area contributed by atoms with Crippen LogP contribution in [0.3, 0.4) is 0 Å². The van der Waals surface area contributed by atoms with Gasteiger partial charge in [0.25, 0.3) is 0 Å². The summed E-state index contributed by atoms with van der Waals surface area (Å²) >= 11 is 0. The Bertz CT molecular complexity index is 201. The lowest BCUT2D eigenvalue weighted by molar-refractivity contribution is -0.118. The number of hydrogen-bond acceptors (Lipinski definition) is 4. The summed E-state index contributed by atoms with van der Waals surface area (Å²) in [5, 5.41) is 15.3. The Kier molecular flexibility index (Phi) is 12.3. The molecule has 5 nitrogen and oxygen atoms in total. The van der Waals surface area contributed by atoms with Gasteiger partial charge in [0.05, 0.1) is 12.7 Å². The van der Waals surface area contributed by atoms with Crippen LogP contribution in [-0.2, 0) is 9.53 Å². The number of hydrogen-bond donors (Lipinski definition) is 3. The molecule has 0 aliphatic heterocycles. The number of aliphatic hydroxyl groups is 1. The fourth-order valence-electron chi connectivity index (χ4n) is 1.50. The molecule has 0 heterocycles. The lowest BCUT2D eigenvalue weighted by Crippen LogP contribution is -2.36. The van der Waals surface area contributed by atoms with Crippen molar-refractivity contribution < 1.29 is 14.6 Å². The lowest BCUT2D eigenvalue weighted by Gasteiger charge is -2.12. The Morgan fingerprint density at radius 3 is 2.72 bits per heavy atom. The number of ether oxygens (including phenoxy) is 1. The third-order valence-electron chi connectivity index (χ3n) is 2.51. The van der Waals surface area contributed by atoms with E-state index >= 15 is 0 Å². The van der Waals surface area contributed by atoms with Gasteiger partial charge in [-0.15, -0.1) is 0 Å². The van der Waals surface area contributed by atoms with Crippen LogP contribution in [0.1, 0.15) is 39.5 Å². The first-order valence-electron chi connectivity index (χ1n) is 6.87. The van der Waals surface area contributed by atoms with E-state index in [1.54, 1.807) is 0 Å². The van der Waals surface area contributed by atoms with Crippen LogP contribution in [0.2, 0.25) is 0 Å². The maximum Gasteiger partial charge on any atom is 0.216 e. The van der Waals surface area contributed by atoms with Crippen molar-refractivity contribution in [2.45, 2.75) is 45.6 Å². The Morgan fingerprint density at radius 1 is 1.28 bits per heavy atom. The maximum atomic E-state index is 10.6. The number of carbonyl (C=O) groups is 1. The Balaban J connectivity index is 3.17. The maximum absolute atomic E-state index is 10.6. The number of aliphatic hydroxyl groups excluding tert-OH is 1. The van der Waals surface area contributed by atoms with Crippen molar-refractivity contribution in [3.8, 4) is 0 Å². The van der Waals surface area contributed by atoms with Gasteiger partial charge < -0.3 is 20.5 Å². The molecule has 0 aromatic rings. The highest BCUT2D eigenvalue weighted by Crippen LogP contribution is 1.99. The Labute approximate surface area is 110 Å². The van der Waals surface area contributed by atoms with Gasteiger partial charge in [0.1, 0.15) is 0 Å². The highest BCUT2D eigenvalue weighted by molar-refractivity contribution is 5.72. The summed E-state index contributed by atoms with van der Waals surface area (Å²) in [4.78, 5) is 10.6. The lowest BCUT2D eigenvalue weighted by atomic mass is 10.2. The van der Waals surface area contributed by atoms with E-state index in [4.69, 9.17) is 4.74 Å². The molecule has 0 bridgehead atoms. The van der Waals surface area contributed by atoms with E-state index < -0.39 is 6.10 Å². The van der Waals surface area contributed by atoms with E-state index in [2.05, 4.69) is 17.6 Å². The van der Waals surface area contributed by atoms with Gasteiger partial charge in [-0.1, -0.05) is 26.2 Å². The molecule has 1 unspecified atom stereocenters. The van der Waals surface area contributed by atoms with Crippen molar-refractivity contribution in [3.05, 3.63) is 0 Å². The largest absolute Gasteiger partial charge is 0.389 e. The van der Waals surface area contributed by atoms with Gasteiger partial charge in [-0.3, -0.25) is 4.79 Å². The second kappa shape index (κ2) is 12.8. The molecule has 0 rings (SSSR count). The second-order valence-electron chi connectivity index (χ2n) is 4.48. The van der Waals surface area contributed by atoms with Gasteiger partial charge >= 0.3 is 0 Å². The molecule has 0 fully saturated rings. The molecule has 5 heteroatoms. The molecule has 0 aliphatic rings. The fourth-order valence-corrected chi connectivity index (χ4v) is 1.50. The van der Waals surface area contributed by atoms with Gasteiger partial charge in [-0.05, 0) is 6.42 Å². The second-order valence-corrected chi connectivity index (χ2v) is 4.48. The molecule has 0 saturated carbocycles. The third-order valence-corrected chi connectivity index (χ3v) is 2.51. The number of unbranched alkanes of at least 4 members (excludes halogenated alkanes) is 3. The molecule has 18 heavy (non-hydrogen) atoms. The van der Waals surface area contributed by atoms with Crippen LogP contribution in [0.15, 0.2) is 0 Å². The number of carbonyl (C=O) groups excluding carboxylic acids is 1. The van der Waals surface area contributed by atoms with Crippen LogP contribution in [0.25, 0.3) is 0 Å². The smallest absolute Gasteiger partial charge is 0.216 e. The number of nitrogens with one attached hydrogen (secondary N) is 2. The van der Waals surface area contributed by atoms with Crippen LogP contribution >= 0.6 is 0 Å². The summed E-state index contributed by atoms with van der Waals surface area (Å²) in [7, 11) is 0. The minimum absolute atomic E-state index is 0.0345. The quantitative estimate of drug-likeness (QED) is 0.451. The van der Waals surface area contributed by atoms with Gasteiger partial charge in [-0.2, -0.15) is 0 Å². The summed E-state index contributed by atoms with van der Waals surface area (Å²) < 4.78 is 5.38. The first-order valence-corrected chi connectivity index (χ1v) is 6.87. The summed E-state index contributed by atoms with van der Waals surface area (Å²) in [5.41, 5.74) is 0. The molecule has 108 valence electrons. The van der Waals surface area contributed by atoms with E-state index in [1.807, 2.05) is 0 Å². The van der Waals surface area contributed by atoms with E-state index in [9.17, 15) is 9.90 Å². The van der Waals surface area contributed by atoms with Crippen LogP contribution in [0.5, 0.6) is 0 Å². The van der Waals surface area contributed by atoms with Crippen molar-refractivity contribution >= 4 is 5.91 Å². The molecule has 0 aromatic carbocycles. The van der Waals surface area contributed by atoms with Gasteiger partial charge in [0.2, 0.25) is 5.91 Å². The van der Waals surface area contributed by atoms with Crippen LogP contribution in [0.4, 0.5) is 0 Å². The molecule has 1 amide bonds. The topological polar surface area (TPSA) is 70.6 Å². The van der Waals surface area contributed by atoms with Crippen molar-refractivity contribution in [2.24, 2.45) is 0 Å². The predicted molar refractivity (Wildman–Crippen MR) is 72.5 cm³/mol. The first-order chi connectivity index (χ1) is 8.66. The summed E-state index contributed by atoms with van der Waals surface area (Å²) in [6.07, 6.45) is 4.25. The summed E-state index contributed by atoms with van der Waals surface area (Å²) in [6.45, 7) is 6.50. The zero-order chi connectivity index (χ0) is 13.6. The van der Waals surface area contributed by atoms with Gasteiger partial charge in [0.15, 0.2) is 0 Å². The minimum Gasteiger partial charge on any atom is -0.389 e. The average Bonchev–Trinajstić information content (AvgIpc) is 2.33. The molecule has 3 N–H and O–H groups in total. The zero-order valence-electron chi connectivity index (χ0n) is 11.7. The molecular formula is C13H28N2O3. The monoisotopic (exact) mass is 260 g/mol. The van der Waals surface area contributed by atoms with E-state index in [-0.39, 0.29) is 5.91 Å². The summed E-state index contributed by atoms with van der Waals surface area (Å²) in [6, 6.07) is 0. The Hall–Kier alpha value is -0.650. The van der Waals surface area contributed by atoms with Crippen molar-refractivity contribution in [1.82, 2.24) is 10.6 Å². The normalized spacial score (nSPS) is 12.4. The molecule has 0 saturated heterocycles. The van der Waals surface area contributed by atoms with Crippen LogP contribution < -0.4 is 10.6 Å². The molecule has 1 atom stereocenters. The van der Waals surface area contributed by atoms with E-state index in [1.165, 1.54) is 26.2 Å². The van der Waals surface area contributed by atoms with Crippen molar-refractivity contribution in [3.63, 3.8) is 0 Å². The molecule has 0 aromatic heterocycles. The average molecular weight is 260 g/mol. The van der Waals surface area contributed by atoms with Gasteiger partial charge in [0, 0.05) is 33.2 Å². The highest BCUT2D eigenvalue weighted by Gasteiger charge is 2.03. The van der Waals surface area contributed by atoms with Crippen LogP contribution in [0, 0.1) is 0 Å². The predicted octanol–water partition coefficient (Wildman–Crippen LogP) is 0.670. The van der Waals surface area contributed by atoms with Crippen LogP contribution in [-0.4, -0.2) is 50.0 Å². The minimum atomic E-state index is -0.478. The SMILES string of the molecule is CCCCCCOCC(O)CNCCNC(C)=O. The summed E-state index contributed by atoms with van der Waals surface area (Å²) in [5.74, 6) is -0.0345. The molecule has 0 radical (unpaired) electrons. The zero-order valence-corrected chi connectivity index (χ0v) is 11.7. The first kappa shape index (κ1) is 17.4. The number of rotatable bonds is 12. The molecular weight excluding hydrogens is 232 g/mol. The van der Waals surface area contributed by atoms with Gasteiger partial charge in [-0.25, -0.2) is 0 Å². The third kappa shape index (κ3) is 13.4. The fraction of sp³-hybridized carbons (Fsp3) is 0.923. The van der Waals surface area contributed by atoms with Crippen molar-refractivity contribution in [1.29, 1.82) is 0 Å². The Morgan fingerprint density at radius 2 is 2.06 bits per heavy atom. The highest BCUT2D eigenvalue weighted by atomic mass is 16.5. The van der Waals surface area contributed by atoms with E-state index in [0.29, 0.717) is 26.2 Å². The van der Waals surface area contributed by atoms with Crippen molar-refractivity contribution in [2.75, 3.05) is 32.8 Å². The number of amides is 1. The van der Waals surface area contributed by atoms with E-state index in [0.717, 1.165) is 13.0 Å². The molecule has 0 aliphatic carbocycles. The molecule has 0 spiro atoms. The standard InChI is InChI=1S/C13H28N2O3/c1-3-4-5-6-9-18-11-13(17)10-14-7-8-15-12(2)16/h13-14,17H,3-11H2,1-2H3,(H,15,16).